The number of anilines is 2. The highest BCUT2D eigenvalue weighted by Gasteiger charge is 2.34. The molecule has 2 heterocycles. The Balaban J connectivity index is 1.52. The number of fused-ring (bicyclic) bond motifs is 1. The van der Waals surface area contributed by atoms with Crippen LogP contribution in [0.4, 0.5) is 11.8 Å². The molecule has 8 heteroatoms. The Labute approximate surface area is 179 Å². The van der Waals surface area contributed by atoms with Crippen LogP contribution in [-0.2, 0) is 0 Å². The first-order valence-electron chi connectivity index (χ1n) is 10.6. The Morgan fingerprint density at radius 3 is 2.67 bits per heavy atom. The molecule has 1 aromatic carbocycles. The number of aromatic nitrogens is 3. The number of benzene rings is 1. The van der Waals surface area contributed by atoms with E-state index < -0.39 is 6.10 Å². The van der Waals surface area contributed by atoms with Gasteiger partial charge in [-0.1, -0.05) is 12.1 Å². The highest BCUT2D eigenvalue weighted by molar-refractivity contribution is 7.21. The standard InChI is InChI=1S/C22H27N5O2S/c1-12-19(21-26-15-4-2-3-5-18(15)30-21)20(25-16-8-14(11-28)9-17(16)29)27-22(24-12)23-10-13-6-7-13/h2-5,13-14,16-17,28-29H,6-11H2,1H3,(H2,23,24,25,27)/t14-,16+,17+/m0/s1. The zero-order valence-electron chi connectivity index (χ0n) is 17.0. The molecule has 158 valence electrons. The van der Waals surface area contributed by atoms with E-state index in [1.54, 1.807) is 11.3 Å². The van der Waals surface area contributed by atoms with Gasteiger partial charge >= 0.3 is 0 Å². The first-order valence-corrected chi connectivity index (χ1v) is 11.5. The number of thiazole rings is 1. The van der Waals surface area contributed by atoms with Crippen LogP contribution in [0.5, 0.6) is 0 Å². The molecule has 0 aliphatic heterocycles. The number of hydrogen-bond acceptors (Lipinski definition) is 8. The second-order valence-electron chi connectivity index (χ2n) is 8.51. The van der Waals surface area contributed by atoms with Crippen LogP contribution in [-0.4, -0.2) is 50.5 Å². The van der Waals surface area contributed by atoms with Crippen molar-refractivity contribution in [3.8, 4) is 10.6 Å². The van der Waals surface area contributed by atoms with Crippen molar-refractivity contribution in [2.24, 2.45) is 11.8 Å². The second-order valence-corrected chi connectivity index (χ2v) is 9.54. The summed E-state index contributed by atoms with van der Waals surface area (Å²) < 4.78 is 1.12. The second kappa shape index (κ2) is 8.09. The Bertz CT molecular complexity index is 1020. The van der Waals surface area contributed by atoms with E-state index in [0.717, 1.165) is 38.9 Å². The third-order valence-corrected chi connectivity index (χ3v) is 7.10. The molecule has 2 aromatic heterocycles. The fraction of sp³-hybridized carbons (Fsp3) is 0.500. The van der Waals surface area contributed by atoms with Gasteiger partial charge in [0.1, 0.15) is 10.8 Å². The van der Waals surface area contributed by atoms with E-state index >= 15 is 0 Å². The smallest absolute Gasteiger partial charge is 0.224 e. The topological polar surface area (TPSA) is 103 Å². The average molecular weight is 426 g/mol. The van der Waals surface area contributed by atoms with Gasteiger partial charge in [0.05, 0.1) is 33.6 Å². The van der Waals surface area contributed by atoms with Crippen LogP contribution in [0.15, 0.2) is 24.3 Å². The molecule has 0 amide bonds. The number of nitrogens with one attached hydrogen (secondary N) is 2. The van der Waals surface area contributed by atoms with Crippen LogP contribution >= 0.6 is 11.3 Å². The van der Waals surface area contributed by atoms with Gasteiger partial charge in [-0.2, -0.15) is 4.98 Å². The van der Waals surface area contributed by atoms with E-state index in [-0.39, 0.29) is 18.6 Å². The van der Waals surface area contributed by atoms with Gasteiger partial charge in [-0.15, -0.1) is 11.3 Å². The first-order chi connectivity index (χ1) is 14.6. The molecule has 4 N–H and O–H groups in total. The van der Waals surface area contributed by atoms with Crippen molar-refractivity contribution in [2.45, 2.75) is 44.8 Å². The average Bonchev–Trinajstić information content (AvgIpc) is 3.36. The lowest BCUT2D eigenvalue weighted by Gasteiger charge is -2.20. The highest BCUT2D eigenvalue weighted by atomic mass is 32.1. The van der Waals surface area contributed by atoms with Crippen LogP contribution in [0.3, 0.4) is 0 Å². The molecule has 2 aliphatic rings. The monoisotopic (exact) mass is 425 g/mol. The number of para-hydroxylation sites is 1. The van der Waals surface area contributed by atoms with Gasteiger partial charge in [-0.25, -0.2) is 9.97 Å². The summed E-state index contributed by atoms with van der Waals surface area (Å²) in [5.41, 5.74) is 2.70. The van der Waals surface area contributed by atoms with E-state index in [9.17, 15) is 10.2 Å². The predicted octanol–water partition coefficient (Wildman–Crippen LogP) is 3.43. The van der Waals surface area contributed by atoms with E-state index in [1.165, 1.54) is 12.8 Å². The predicted molar refractivity (Wildman–Crippen MR) is 120 cm³/mol. The molecule has 7 nitrogen and oxygen atoms in total. The number of aliphatic hydroxyl groups is 2. The van der Waals surface area contributed by atoms with Crippen molar-refractivity contribution >= 4 is 33.3 Å². The van der Waals surface area contributed by atoms with E-state index in [4.69, 9.17) is 15.0 Å². The van der Waals surface area contributed by atoms with Crippen molar-refractivity contribution in [3.63, 3.8) is 0 Å². The molecular weight excluding hydrogens is 398 g/mol. The largest absolute Gasteiger partial charge is 0.396 e. The maximum Gasteiger partial charge on any atom is 0.224 e. The molecular formula is C22H27N5O2S. The molecule has 0 saturated heterocycles. The maximum atomic E-state index is 10.5. The van der Waals surface area contributed by atoms with Crippen LogP contribution in [0.2, 0.25) is 0 Å². The molecule has 0 unspecified atom stereocenters. The molecule has 0 radical (unpaired) electrons. The SMILES string of the molecule is Cc1nc(NCC2CC2)nc(N[C@@H]2C[C@H](CO)C[C@H]2O)c1-c1nc2ccccc2s1. The normalized spacial score (nSPS) is 23.8. The van der Waals surface area contributed by atoms with Gasteiger partial charge in [0.15, 0.2) is 0 Å². The summed E-state index contributed by atoms with van der Waals surface area (Å²) in [5, 5.41) is 27.7. The Morgan fingerprint density at radius 1 is 1.10 bits per heavy atom. The lowest BCUT2D eigenvalue weighted by molar-refractivity contribution is 0.157. The summed E-state index contributed by atoms with van der Waals surface area (Å²) in [4.78, 5) is 14.3. The number of rotatable bonds is 7. The van der Waals surface area contributed by atoms with Crippen LogP contribution in [0, 0.1) is 18.8 Å². The zero-order chi connectivity index (χ0) is 20.7. The Hall–Kier alpha value is -2.29. The quantitative estimate of drug-likeness (QED) is 0.460. The first kappa shape index (κ1) is 19.7. The number of aliphatic hydroxyl groups excluding tert-OH is 2. The highest BCUT2D eigenvalue weighted by Crippen LogP contribution is 2.38. The molecule has 0 spiro atoms. The molecule has 0 bridgehead atoms. The minimum absolute atomic E-state index is 0.0942. The fourth-order valence-corrected chi connectivity index (χ4v) is 5.21. The van der Waals surface area contributed by atoms with Gasteiger partial charge in [-0.3, -0.25) is 0 Å². The minimum Gasteiger partial charge on any atom is -0.396 e. The summed E-state index contributed by atoms with van der Waals surface area (Å²) in [6.45, 7) is 2.97. The Morgan fingerprint density at radius 2 is 1.93 bits per heavy atom. The van der Waals surface area contributed by atoms with Gasteiger partial charge < -0.3 is 20.8 Å². The maximum absolute atomic E-state index is 10.5. The number of nitrogens with zero attached hydrogens (tertiary/aromatic N) is 3. The third-order valence-electron chi connectivity index (χ3n) is 6.05. The molecule has 30 heavy (non-hydrogen) atoms. The van der Waals surface area contributed by atoms with Crippen LogP contribution in [0.25, 0.3) is 20.8 Å². The van der Waals surface area contributed by atoms with E-state index in [0.29, 0.717) is 24.6 Å². The molecule has 2 fully saturated rings. The fourth-order valence-electron chi connectivity index (χ4n) is 4.15. The van der Waals surface area contributed by atoms with Crippen molar-refractivity contribution in [3.05, 3.63) is 30.0 Å². The van der Waals surface area contributed by atoms with Crippen LogP contribution in [0.1, 0.15) is 31.4 Å². The van der Waals surface area contributed by atoms with Crippen molar-refractivity contribution in [1.29, 1.82) is 0 Å². The van der Waals surface area contributed by atoms with Crippen molar-refractivity contribution < 1.29 is 10.2 Å². The minimum atomic E-state index is -0.511. The summed E-state index contributed by atoms with van der Waals surface area (Å²) in [5.74, 6) is 2.13. The summed E-state index contributed by atoms with van der Waals surface area (Å²) >= 11 is 1.62. The van der Waals surface area contributed by atoms with Crippen molar-refractivity contribution in [1.82, 2.24) is 15.0 Å². The summed E-state index contributed by atoms with van der Waals surface area (Å²) in [6.07, 6.45) is 3.32. The van der Waals surface area contributed by atoms with Crippen molar-refractivity contribution in [2.75, 3.05) is 23.8 Å². The molecule has 2 aliphatic carbocycles. The van der Waals surface area contributed by atoms with E-state index in [1.807, 2.05) is 25.1 Å². The summed E-state index contributed by atoms with van der Waals surface area (Å²) in [6, 6.07) is 7.93. The number of hydrogen-bond donors (Lipinski definition) is 4. The van der Waals surface area contributed by atoms with Crippen LogP contribution < -0.4 is 10.6 Å². The van der Waals surface area contributed by atoms with Gasteiger partial charge in [-0.05, 0) is 56.6 Å². The Kier molecular flexibility index (Phi) is 5.30. The summed E-state index contributed by atoms with van der Waals surface area (Å²) in [7, 11) is 0. The van der Waals surface area contributed by atoms with E-state index in [2.05, 4.69) is 16.7 Å². The van der Waals surface area contributed by atoms with Gasteiger partial charge in [0.2, 0.25) is 5.95 Å². The molecule has 3 aromatic rings. The third kappa shape index (κ3) is 3.99. The van der Waals surface area contributed by atoms with Gasteiger partial charge in [0.25, 0.3) is 0 Å². The molecule has 2 saturated carbocycles. The molecule has 3 atom stereocenters. The molecule has 5 rings (SSSR count). The van der Waals surface area contributed by atoms with Gasteiger partial charge in [0, 0.05) is 13.2 Å². The lowest BCUT2D eigenvalue weighted by Crippen LogP contribution is -2.29. The lowest BCUT2D eigenvalue weighted by atomic mass is 10.1. The number of aryl methyl sites for hydroxylation is 1. The zero-order valence-corrected chi connectivity index (χ0v) is 17.8.